The Hall–Kier alpha value is -0.580. The van der Waals surface area contributed by atoms with Crippen molar-refractivity contribution in [1.29, 1.82) is 0 Å². The van der Waals surface area contributed by atoms with Gasteiger partial charge in [-0.1, -0.05) is 20.4 Å². The van der Waals surface area contributed by atoms with Gasteiger partial charge >= 0.3 is 0 Å². The van der Waals surface area contributed by atoms with Crippen LogP contribution >= 0.6 is 0 Å². The van der Waals surface area contributed by atoms with E-state index in [4.69, 9.17) is 4.74 Å². The molecule has 3 aliphatic rings. The molecule has 1 saturated carbocycles. The van der Waals surface area contributed by atoms with E-state index in [1.54, 1.807) is 0 Å². The van der Waals surface area contributed by atoms with Gasteiger partial charge in [0, 0.05) is 43.0 Å². The minimum Gasteiger partial charge on any atom is -0.381 e. The zero-order chi connectivity index (χ0) is 18.0. The smallest absolute Gasteiger partial charge is 0.0509 e. The summed E-state index contributed by atoms with van der Waals surface area (Å²) in [5.41, 5.74) is 1.39. The molecule has 0 bridgehead atoms. The number of nitrogens with one attached hydrogen (secondary N) is 2. The highest BCUT2D eigenvalue weighted by atomic mass is 16.5. The first-order valence-corrected chi connectivity index (χ1v) is 10.5. The molecule has 1 aliphatic carbocycles. The number of nitrogens with zero attached hydrogens (tertiary/aromatic N) is 1. The molecule has 2 aliphatic heterocycles. The van der Waals surface area contributed by atoms with Gasteiger partial charge < -0.3 is 20.3 Å². The summed E-state index contributed by atoms with van der Waals surface area (Å²) in [4.78, 5) is 2.59. The lowest BCUT2D eigenvalue weighted by Gasteiger charge is -2.34. The van der Waals surface area contributed by atoms with Gasteiger partial charge in [0.15, 0.2) is 0 Å². The van der Waals surface area contributed by atoms with E-state index in [1.807, 2.05) is 0 Å². The Morgan fingerprint density at radius 1 is 1.20 bits per heavy atom. The lowest BCUT2D eigenvalue weighted by atomic mass is 9.92. The molecule has 144 valence electrons. The Morgan fingerprint density at radius 2 is 2.00 bits per heavy atom. The normalized spacial score (nSPS) is 42.1. The van der Waals surface area contributed by atoms with Crippen molar-refractivity contribution in [3.63, 3.8) is 0 Å². The van der Waals surface area contributed by atoms with Crippen molar-refractivity contribution in [2.75, 3.05) is 26.8 Å². The van der Waals surface area contributed by atoms with Gasteiger partial charge in [-0.25, -0.2) is 0 Å². The van der Waals surface area contributed by atoms with Gasteiger partial charge in [-0.3, -0.25) is 0 Å². The molecule has 0 aromatic rings. The van der Waals surface area contributed by atoms with Crippen LogP contribution in [0.1, 0.15) is 52.9 Å². The second-order valence-electron chi connectivity index (χ2n) is 8.65. The number of ether oxygens (including phenoxy) is 1. The van der Waals surface area contributed by atoms with Crippen molar-refractivity contribution >= 4 is 0 Å². The molecule has 0 aromatic carbocycles. The first-order chi connectivity index (χ1) is 12.0. The lowest BCUT2D eigenvalue weighted by Crippen LogP contribution is -2.46. The third kappa shape index (κ3) is 4.06. The SMILES string of the molecule is C=C(C1CCC(NC2CCOCC2CC)C1)N1CC(NC)C(C)C1C. The third-order valence-electron chi connectivity index (χ3n) is 7.37. The van der Waals surface area contributed by atoms with Gasteiger partial charge in [-0.05, 0) is 63.8 Å². The van der Waals surface area contributed by atoms with Crippen LogP contribution in [0.15, 0.2) is 12.3 Å². The van der Waals surface area contributed by atoms with Crippen LogP contribution in [0.4, 0.5) is 0 Å². The highest BCUT2D eigenvalue weighted by Crippen LogP contribution is 2.37. The second kappa shape index (κ2) is 8.41. The van der Waals surface area contributed by atoms with Gasteiger partial charge in [0.05, 0.1) is 6.61 Å². The number of rotatable bonds is 6. The van der Waals surface area contributed by atoms with Crippen LogP contribution in [0.2, 0.25) is 0 Å². The van der Waals surface area contributed by atoms with Crippen molar-refractivity contribution in [3.05, 3.63) is 12.3 Å². The van der Waals surface area contributed by atoms with E-state index >= 15 is 0 Å². The molecule has 25 heavy (non-hydrogen) atoms. The van der Waals surface area contributed by atoms with Gasteiger partial charge in [0.25, 0.3) is 0 Å². The Kier molecular flexibility index (Phi) is 6.45. The topological polar surface area (TPSA) is 36.5 Å². The van der Waals surface area contributed by atoms with Crippen molar-refractivity contribution < 1.29 is 4.74 Å². The molecule has 7 unspecified atom stereocenters. The molecule has 0 radical (unpaired) electrons. The summed E-state index contributed by atoms with van der Waals surface area (Å²) in [6.07, 6.45) is 6.23. The van der Waals surface area contributed by atoms with Crippen LogP contribution in [0.5, 0.6) is 0 Å². The quantitative estimate of drug-likeness (QED) is 0.773. The maximum Gasteiger partial charge on any atom is 0.0509 e. The van der Waals surface area contributed by atoms with Gasteiger partial charge in [-0.2, -0.15) is 0 Å². The molecule has 2 saturated heterocycles. The Labute approximate surface area is 154 Å². The summed E-state index contributed by atoms with van der Waals surface area (Å²) < 4.78 is 5.67. The van der Waals surface area contributed by atoms with E-state index in [0.29, 0.717) is 41.9 Å². The van der Waals surface area contributed by atoms with Crippen LogP contribution in [0.3, 0.4) is 0 Å². The van der Waals surface area contributed by atoms with Crippen LogP contribution in [0, 0.1) is 17.8 Å². The summed E-state index contributed by atoms with van der Waals surface area (Å²) in [5.74, 6) is 2.03. The van der Waals surface area contributed by atoms with Crippen molar-refractivity contribution in [1.82, 2.24) is 15.5 Å². The number of allylic oxidation sites excluding steroid dienone is 1. The van der Waals surface area contributed by atoms with E-state index in [1.165, 1.54) is 37.8 Å². The highest BCUT2D eigenvalue weighted by molar-refractivity contribution is 5.10. The van der Waals surface area contributed by atoms with Crippen molar-refractivity contribution in [2.24, 2.45) is 17.8 Å². The maximum absolute atomic E-state index is 5.67. The van der Waals surface area contributed by atoms with Crippen LogP contribution < -0.4 is 10.6 Å². The fourth-order valence-electron chi connectivity index (χ4n) is 5.29. The molecule has 2 heterocycles. The summed E-state index contributed by atoms with van der Waals surface area (Å²) in [6, 6.07) is 2.50. The predicted molar refractivity (Wildman–Crippen MR) is 105 cm³/mol. The van der Waals surface area contributed by atoms with Crippen LogP contribution in [-0.4, -0.2) is 55.9 Å². The third-order valence-corrected chi connectivity index (χ3v) is 7.37. The molecule has 3 fully saturated rings. The predicted octanol–water partition coefficient (Wildman–Crippen LogP) is 3.00. The van der Waals surface area contributed by atoms with E-state index in [2.05, 4.69) is 49.9 Å². The highest BCUT2D eigenvalue weighted by Gasteiger charge is 2.39. The van der Waals surface area contributed by atoms with Crippen LogP contribution in [-0.2, 0) is 4.74 Å². The monoisotopic (exact) mass is 349 g/mol. The number of likely N-dealkylation sites (tertiary alicyclic amines) is 1. The molecule has 2 N–H and O–H groups in total. The maximum atomic E-state index is 5.67. The van der Waals surface area contributed by atoms with Gasteiger partial charge in [0.2, 0.25) is 0 Å². The average Bonchev–Trinajstić information content (AvgIpc) is 3.20. The Morgan fingerprint density at radius 3 is 2.68 bits per heavy atom. The molecule has 3 rings (SSSR count). The molecule has 7 atom stereocenters. The fourth-order valence-corrected chi connectivity index (χ4v) is 5.29. The van der Waals surface area contributed by atoms with Gasteiger partial charge in [0.1, 0.15) is 0 Å². The number of likely N-dealkylation sites (N-methyl/N-ethyl adjacent to an activating group) is 1. The largest absolute Gasteiger partial charge is 0.381 e. The molecule has 0 spiro atoms. The molecule has 4 nitrogen and oxygen atoms in total. The molecular weight excluding hydrogens is 310 g/mol. The minimum absolute atomic E-state index is 0.592. The van der Waals surface area contributed by atoms with Gasteiger partial charge in [-0.15, -0.1) is 0 Å². The van der Waals surface area contributed by atoms with Crippen molar-refractivity contribution in [2.45, 2.75) is 77.0 Å². The summed E-state index contributed by atoms with van der Waals surface area (Å²) in [7, 11) is 2.09. The standard InChI is InChI=1S/C21H39N3O/c1-6-17-13-25-10-9-20(17)23-19-8-7-18(11-19)16(4)24-12-21(22-5)14(2)15(24)3/h14-15,17-23H,4,6-13H2,1-3,5H3. The summed E-state index contributed by atoms with van der Waals surface area (Å²) >= 11 is 0. The van der Waals surface area contributed by atoms with E-state index in [-0.39, 0.29) is 0 Å². The minimum atomic E-state index is 0.592. The van der Waals surface area contributed by atoms with E-state index in [0.717, 1.165) is 19.8 Å². The first-order valence-electron chi connectivity index (χ1n) is 10.5. The molecule has 0 amide bonds. The zero-order valence-electron chi connectivity index (χ0n) is 16.8. The van der Waals surface area contributed by atoms with Crippen molar-refractivity contribution in [3.8, 4) is 0 Å². The average molecular weight is 350 g/mol. The molecule has 0 aromatic heterocycles. The Balaban J connectivity index is 1.53. The van der Waals surface area contributed by atoms with E-state index < -0.39 is 0 Å². The zero-order valence-corrected chi connectivity index (χ0v) is 16.8. The van der Waals surface area contributed by atoms with Crippen LogP contribution in [0.25, 0.3) is 0 Å². The summed E-state index contributed by atoms with van der Waals surface area (Å²) in [6.45, 7) is 14.5. The number of hydrogen-bond donors (Lipinski definition) is 2. The number of hydrogen-bond acceptors (Lipinski definition) is 4. The lowest BCUT2D eigenvalue weighted by molar-refractivity contribution is 0.0274. The second-order valence-corrected chi connectivity index (χ2v) is 8.65. The summed E-state index contributed by atoms with van der Waals surface area (Å²) in [5, 5.41) is 7.47. The first kappa shape index (κ1) is 19.2. The fraction of sp³-hybridized carbons (Fsp3) is 0.905. The Bertz CT molecular complexity index is 454. The molecule has 4 heteroatoms. The molecular formula is C21H39N3O. The van der Waals surface area contributed by atoms with E-state index in [9.17, 15) is 0 Å².